The zero-order valence-corrected chi connectivity index (χ0v) is 48.0. The molecule has 0 aliphatic heterocycles. The maximum Gasteiger partial charge on any atom is 0.139 e. The molecule has 0 saturated heterocycles. The number of hydrogen-bond acceptors (Lipinski definition) is 8. The molecule has 0 aromatic heterocycles. The smallest absolute Gasteiger partial charge is 0.139 e. The van der Waals surface area contributed by atoms with Crippen molar-refractivity contribution in [2.45, 2.75) is 214 Å². The molecule has 12 aliphatic carbocycles. The lowest BCUT2D eigenvalue weighted by molar-refractivity contribution is -0.196. The molecule has 18 atom stereocenters. The van der Waals surface area contributed by atoms with Crippen molar-refractivity contribution < 1.29 is 39.1 Å². The Balaban J connectivity index is 0.000000128. The van der Waals surface area contributed by atoms with Gasteiger partial charge in [-0.05, 0) is 250 Å². The minimum atomic E-state index is -0.752. The van der Waals surface area contributed by atoms with Gasteiger partial charge >= 0.3 is 0 Å². The van der Waals surface area contributed by atoms with Gasteiger partial charge in [0.1, 0.15) is 11.6 Å². The van der Waals surface area contributed by atoms with Crippen LogP contribution in [0.15, 0.2) is 82.6 Å². The molecule has 12 aliphatic rings. The Morgan fingerprint density at radius 2 is 0.973 bits per heavy atom. The molecule has 0 amide bonds. The van der Waals surface area contributed by atoms with E-state index in [0.29, 0.717) is 89.5 Å². The van der Waals surface area contributed by atoms with Crippen molar-refractivity contribution in [3.8, 4) is 0 Å². The molecule has 0 aromatic rings. The summed E-state index contributed by atoms with van der Waals surface area (Å²) in [6.45, 7) is 25.5. The van der Waals surface area contributed by atoms with E-state index in [1.807, 2.05) is 27.7 Å². The third kappa shape index (κ3) is 9.02. The van der Waals surface area contributed by atoms with Gasteiger partial charge in [-0.3, -0.25) is 9.59 Å². The first kappa shape index (κ1) is 55.1. The monoisotopic (exact) mass is 1030 g/mol. The largest absolute Gasteiger partial charge is 0.498 e. The minimum absolute atomic E-state index is 0.0788. The van der Waals surface area contributed by atoms with E-state index in [0.717, 1.165) is 153 Å². The van der Waals surface area contributed by atoms with Crippen LogP contribution in [0.2, 0.25) is 0 Å². The Labute approximate surface area is 452 Å². The van der Waals surface area contributed by atoms with Crippen LogP contribution in [0, 0.1) is 87.3 Å². The topological polar surface area (TPSA) is 123 Å². The van der Waals surface area contributed by atoms with E-state index in [2.05, 4.69) is 77.7 Å². The lowest BCUT2D eigenvalue weighted by Gasteiger charge is -2.61. The molecule has 3 N–H and O–H groups in total. The molecule has 75 heavy (non-hydrogen) atoms. The molecule has 0 spiro atoms. The van der Waals surface area contributed by atoms with E-state index in [1.165, 1.54) is 28.7 Å². The first-order chi connectivity index (χ1) is 35.8. The number of carbonyl (C=O) groups is 2. The first-order valence-corrected chi connectivity index (χ1v) is 30.8. The van der Waals surface area contributed by atoms with Crippen LogP contribution in [-0.4, -0.2) is 63.5 Å². The molecule has 12 rings (SSSR count). The highest BCUT2D eigenvalue weighted by molar-refractivity contribution is 5.88. The fourth-order valence-electron chi connectivity index (χ4n) is 21.0. The third-order valence-corrected chi connectivity index (χ3v) is 23.8. The molecular weight excluding hydrogens is 933 g/mol. The first-order valence-electron chi connectivity index (χ1n) is 30.8. The fourth-order valence-corrected chi connectivity index (χ4v) is 21.0. The summed E-state index contributed by atoms with van der Waals surface area (Å²) >= 11 is 0. The molecule has 6 fully saturated rings. The van der Waals surface area contributed by atoms with Gasteiger partial charge in [0.2, 0.25) is 0 Å². The predicted molar refractivity (Wildman–Crippen MR) is 298 cm³/mol. The second-order valence-electron chi connectivity index (χ2n) is 26.9. The number of ketones is 2. The highest BCUT2D eigenvalue weighted by Crippen LogP contribution is 2.69. The van der Waals surface area contributed by atoms with Crippen LogP contribution in [0.5, 0.6) is 0 Å². The number of ether oxygens (including phenoxy) is 3. The molecule has 0 heterocycles. The molecule has 6 saturated carbocycles. The average Bonchev–Trinajstić information content (AvgIpc) is 4.03. The van der Waals surface area contributed by atoms with Crippen LogP contribution in [-0.2, 0) is 23.8 Å². The Morgan fingerprint density at radius 3 is 1.47 bits per heavy atom. The van der Waals surface area contributed by atoms with Crippen LogP contribution in [0.1, 0.15) is 197 Å². The van der Waals surface area contributed by atoms with Crippen LogP contribution >= 0.6 is 0 Å². The summed E-state index contributed by atoms with van der Waals surface area (Å²) < 4.78 is 17.3. The molecule has 414 valence electrons. The molecule has 0 radical (unpaired) electrons. The van der Waals surface area contributed by atoms with Crippen molar-refractivity contribution in [2.75, 3.05) is 19.8 Å². The highest BCUT2D eigenvalue weighted by atomic mass is 16.5. The number of carbonyl (C=O) groups excluding carboxylic acids is 2. The van der Waals surface area contributed by atoms with Gasteiger partial charge < -0.3 is 29.5 Å². The number of hydrogen-bond donors (Lipinski definition) is 3. The van der Waals surface area contributed by atoms with Crippen molar-refractivity contribution in [3.63, 3.8) is 0 Å². The van der Waals surface area contributed by atoms with E-state index < -0.39 is 16.8 Å². The van der Waals surface area contributed by atoms with Gasteiger partial charge in [-0.2, -0.15) is 0 Å². The predicted octanol–water partition coefficient (Wildman–Crippen LogP) is 14.2. The Bertz CT molecular complexity index is 2410. The average molecular weight is 1030 g/mol. The number of Topliss-reactive ketones (excluding diaryl/α,β-unsaturated/α-hetero) is 2. The van der Waals surface area contributed by atoms with Crippen molar-refractivity contribution >= 4 is 11.6 Å². The van der Waals surface area contributed by atoms with Gasteiger partial charge in [-0.25, -0.2) is 0 Å². The molecular formula is C67H98O8. The Hall–Kier alpha value is -3.20. The van der Waals surface area contributed by atoms with E-state index in [9.17, 15) is 24.9 Å². The number of aliphatic hydroxyl groups is 3. The molecule has 0 aromatic carbocycles. The van der Waals surface area contributed by atoms with Gasteiger partial charge in [0, 0.05) is 48.3 Å². The van der Waals surface area contributed by atoms with E-state index in [-0.39, 0.29) is 22.2 Å². The van der Waals surface area contributed by atoms with Crippen LogP contribution in [0.3, 0.4) is 0 Å². The second-order valence-corrected chi connectivity index (χ2v) is 26.9. The van der Waals surface area contributed by atoms with Crippen LogP contribution in [0.4, 0.5) is 0 Å². The number of fused-ring (bicyclic) bond motifs is 15. The summed E-state index contributed by atoms with van der Waals surface area (Å²) in [4.78, 5) is 25.5. The summed E-state index contributed by atoms with van der Waals surface area (Å²) in [6, 6.07) is 0. The van der Waals surface area contributed by atoms with Crippen molar-refractivity contribution in [3.05, 3.63) is 82.6 Å². The van der Waals surface area contributed by atoms with Gasteiger partial charge in [0.15, 0.2) is 0 Å². The zero-order valence-electron chi connectivity index (χ0n) is 48.0. The molecule has 0 bridgehead atoms. The minimum Gasteiger partial charge on any atom is -0.498 e. The lowest BCUT2D eigenvalue weighted by atomic mass is 9.46. The van der Waals surface area contributed by atoms with Crippen molar-refractivity contribution in [1.29, 1.82) is 0 Å². The molecule has 8 heteroatoms. The summed E-state index contributed by atoms with van der Waals surface area (Å²) in [5.74, 6) is 10.1. The van der Waals surface area contributed by atoms with E-state index >= 15 is 0 Å². The normalized spacial score (nSPS) is 45.8. The van der Waals surface area contributed by atoms with Crippen LogP contribution < -0.4 is 0 Å². The zero-order chi connectivity index (χ0) is 53.5. The Kier molecular flexibility index (Phi) is 15.3. The second kappa shape index (κ2) is 20.8. The SMILES string of the molecule is C=C1C[C@]2(CC)C(=O)CCC2C2CC=C3C=C(OCC)CCC3C12.CCOC1=CC2=CCC3C(C2CC1)C(C)(O)C[C@@]1(CC)C3CCC1(C)O.CCOC1=CC2=CCC3C(C2CC1)C(C)(O)C[C@]1(CC)C(=O)CCC31. The quantitative estimate of drug-likeness (QED) is 0.195. The van der Waals surface area contributed by atoms with Crippen LogP contribution in [0.25, 0.3) is 0 Å². The number of rotatable bonds is 9. The van der Waals surface area contributed by atoms with E-state index in [1.54, 1.807) is 0 Å². The summed E-state index contributed by atoms with van der Waals surface area (Å²) in [6.07, 6.45) is 34.3. The summed E-state index contributed by atoms with van der Waals surface area (Å²) in [7, 11) is 0. The number of allylic oxidation sites excluding steroid dienone is 13. The molecule has 15 unspecified atom stereocenters. The lowest BCUT2D eigenvalue weighted by Crippen LogP contribution is -2.61. The van der Waals surface area contributed by atoms with Gasteiger partial charge in [-0.1, -0.05) is 51.2 Å². The van der Waals surface area contributed by atoms with Gasteiger partial charge in [0.05, 0.1) is 53.9 Å². The van der Waals surface area contributed by atoms with Gasteiger partial charge in [0.25, 0.3) is 0 Å². The maximum atomic E-state index is 12.8. The Morgan fingerprint density at radius 1 is 0.533 bits per heavy atom. The maximum absolute atomic E-state index is 12.8. The highest BCUT2D eigenvalue weighted by Gasteiger charge is 2.67. The molecule has 8 nitrogen and oxygen atoms in total. The summed E-state index contributed by atoms with van der Waals surface area (Å²) in [5, 5.41) is 34.4. The van der Waals surface area contributed by atoms with Gasteiger partial charge in [-0.15, -0.1) is 0 Å². The third-order valence-electron chi connectivity index (χ3n) is 23.8. The van der Waals surface area contributed by atoms with Crippen molar-refractivity contribution in [1.82, 2.24) is 0 Å². The van der Waals surface area contributed by atoms with Crippen molar-refractivity contribution in [2.24, 2.45) is 87.3 Å². The summed E-state index contributed by atoms with van der Waals surface area (Å²) in [5.41, 5.74) is 2.98. The standard InChI is InChI=1S/C23H36O3.C22H32O3.C22H30O2/c1-5-23-14-21(3,24)20-17-10-8-16(26-6-2)13-15(17)7-9-18(20)19(23)11-12-22(23,4)25;1-4-22-13-21(3,24)20-16-9-7-15(25-5-2)12-14(16)6-8-17(20)18(22)10-11-19(22)23;1-4-22-13-14(3)21-17-9-7-16(24-5-2)12-15(17)6-8-18(21)19(22)10-11-20(22)23/h7,13,17-20,24-25H,5-6,8-12,14H2,1-4H3;6,12,16-18,20,24H,4-5,7-11,13H2,1-3H3;6,12,17-19,21H,3-5,7-11,13H2,1-2H3/t17?,18?,19?,20?,21?,22?,23-;16?,17?,18?,20?,21?,22-;17?,18?,19?,21?,22-/m000/s1. The fraction of sp³-hybridized carbons (Fsp3) is 0.761. The van der Waals surface area contributed by atoms with E-state index in [4.69, 9.17) is 14.2 Å².